The Morgan fingerprint density at radius 3 is 2.71 bits per heavy atom. The third-order valence-corrected chi connectivity index (χ3v) is 4.96. The van der Waals surface area contributed by atoms with Gasteiger partial charge in [0.15, 0.2) is 0 Å². The third-order valence-electron chi connectivity index (χ3n) is 4.96. The number of carbonyl (C=O) groups excluding carboxylic acids is 1. The first-order valence-electron chi connectivity index (χ1n) is 8.50. The summed E-state index contributed by atoms with van der Waals surface area (Å²) in [4.78, 5) is 16.8. The first-order chi connectivity index (χ1) is 10.2. The van der Waals surface area contributed by atoms with E-state index in [9.17, 15) is 9.90 Å². The molecule has 2 rings (SSSR count). The molecule has 1 atom stereocenters. The monoisotopic (exact) mass is 297 g/mol. The summed E-state index contributed by atoms with van der Waals surface area (Å²) in [5.74, 6) is 0.889. The Morgan fingerprint density at radius 2 is 2.10 bits per heavy atom. The molecule has 0 aromatic heterocycles. The van der Waals surface area contributed by atoms with Gasteiger partial charge in [-0.15, -0.1) is 0 Å². The fourth-order valence-electron chi connectivity index (χ4n) is 3.57. The van der Waals surface area contributed by atoms with E-state index in [0.29, 0.717) is 24.9 Å². The molecular weight excluding hydrogens is 266 g/mol. The van der Waals surface area contributed by atoms with E-state index >= 15 is 0 Å². The summed E-state index contributed by atoms with van der Waals surface area (Å²) in [6.07, 6.45) is 6.17. The number of rotatable bonds is 6. The fraction of sp³-hybridized carbons (Fsp3) is 0.938. The molecule has 2 fully saturated rings. The average molecular weight is 297 g/mol. The molecule has 0 saturated carbocycles. The van der Waals surface area contributed by atoms with Crippen LogP contribution in [0.4, 0.5) is 0 Å². The van der Waals surface area contributed by atoms with E-state index in [2.05, 4.69) is 17.3 Å². The minimum absolute atomic E-state index is 0.0725. The second-order valence-electron chi connectivity index (χ2n) is 6.60. The van der Waals surface area contributed by atoms with Gasteiger partial charge in [0.2, 0.25) is 5.91 Å². The van der Waals surface area contributed by atoms with Gasteiger partial charge in [0, 0.05) is 19.0 Å². The Bertz CT molecular complexity index is 311. The molecule has 5 nitrogen and oxygen atoms in total. The van der Waals surface area contributed by atoms with Crippen LogP contribution in [-0.4, -0.2) is 73.2 Å². The van der Waals surface area contributed by atoms with Gasteiger partial charge in [0.25, 0.3) is 0 Å². The molecule has 2 saturated heterocycles. The van der Waals surface area contributed by atoms with Crippen LogP contribution in [-0.2, 0) is 4.79 Å². The lowest BCUT2D eigenvalue weighted by Gasteiger charge is -2.37. The number of aliphatic hydroxyl groups is 1. The summed E-state index contributed by atoms with van der Waals surface area (Å²) in [5.41, 5.74) is 0. The van der Waals surface area contributed by atoms with Crippen LogP contribution in [0.5, 0.6) is 0 Å². The van der Waals surface area contributed by atoms with Gasteiger partial charge in [-0.2, -0.15) is 0 Å². The van der Waals surface area contributed by atoms with Crippen molar-refractivity contribution in [2.45, 2.75) is 44.6 Å². The molecule has 21 heavy (non-hydrogen) atoms. The molecule has 0 radical (unpaired) electrons. The highest BCUT2D eigenvalue weighted by Crippen LogP contribution is 2.20. The SMILES string of the molecule is CN1CCC(N(CCO)C(=O)CCC2CCCNC2)CC1. The molecule has 0 bridgehead atoms. The van der Waals surface area contributed by atoms with Crippen molar-refractivity contribution in [3.05, 3.63) is 0 Å². The number of nitrogens with one attached hydrogen (secondary N) is 1. The second-order valence-corrected chi connectivity index (χ2v) is 6.60. The molecule has 0 aromatic carbocycles. The molecule has 0 aliphatic carbocycles. The number of hydrogen-bond donors (Lipinski definition) is 2. The van der Waals surface area contributed by atoms with Gasteiger partial charge in [0.1, 0.15) is 0 Å². The Kier molecular flexibility index (Phi) is 6.93. The van der Waals surface area contributed by atoms with Gasteiger partial charge in [-0.25, -0.2) is 0 Å². The van der Waals surface area contributed by atoms with Gasteiger partial charge in [-0.3, -0.25) is 4.79 Å². The van der Waals surface area contributed by atoms with Gasteiger partial charge in [-0.1, -0.05) is 0 Å². The molecule has 2 N–H and O–H groups in total. The summed E-state index contributed by atoms with van der Waals surface area (Å²) in [5, 5.41) is 12.7. The van der Waals surface area contributed by atoms with E-state index in [1.807, 2.05) is 4.90 Å². The van der Waals surface area contributed by atoms with E-state index in [1.165, 1.54) is 12.8 Å². The fourth-order valence-corrected chi connectivity index (χ4v) is 3.57. The molecule has 1 amide bonds. The number of hydrogen-bond acceptors (Lipinski definition) is 4. The van der Waals surface area contributed by atoms with Crippen LogP contribution in [0.3, 0.4) is 0 Å². The summed E-state index contributed by atoms with van der Waals surface area (Å²) < 4.78 is 0. The minimum Gasteiger partial charge on any atom is -0.395 e. The van der Waals surface area contributed by atoms with Crippen LogP contribution >= 0.6 is 0 Å². The van der Waals surface area contributed by atoms with Crippen molar-refractivity contribution in [1.29, 1.82) is 0 Å². The zero-order chi connectivity index (χ0) is 15.1. The third kappa shape index (κ3) is 5.24. The Balaban J connectivity index is 1.80. The van der Waals surface area contributed by atoms with Crippen molar-refractivity contribution in [2.24, 2.45) is 5.92 Å². The zero-order valence-corrected chi connectivity index (χ0v) is 13.4. The molecule has 1 unspecified atom stereocenters. The maximum atomic E-state index is 12.5. The van der Waals surface area contributed by atoms with Crippen LogP contribution in [0.2, 0.25) is 0 Å². The molecule has 0 spiro atoms. The van der Waals surface area contributed by atoms with Gasteiger partial charge < -0.3 is 20.2 Å². The summed E-state index contributed by atoms with van der Waals surface area (Å²) in [6, 6.07) is 0.324. The van der Waals surface area contributed by atoms with Crippen molar-refractivity contribution in [1.82, 2.24) is 15.1 Å². The van der Waals surface area contributed by atoms with Crippen molar-refractivity contribution in [3.8, 4) is 0 Å². The standard InChI is InChI=1S/C16H31N3O2/c1-18-9-6-15(7-10-18)19(11-12-20)16(21)5-4-14-3-2-8-17-13-14/h14-15,17,20H,2-13H2,1H3. The number of likely N-dealkylation sites (tertiary alicyclic amines) is 1. The topological polar surface area (TPSA) is 55.8 Å². The number of amides is 1. The number of nitrogens with zero attached hydrogens (tertiary/aromatic N) is 2. The van der Waals surface area contributed by atoms with E-state index in [1.54, 1.807) is 0 Å². The quantitative estimate of drug-likeness (QED) is 0.757. The summed E-state index contributed by atoms with van der Waals surface area (Å²) in [6.45, 7) is 4.84. The van der Waals surface area contributed by atoms with Crippen molar-refractivity contribution in [2.75, 3.05) is 46.4 Å². The maximum absolute atomic E-state index is 12.5. The summed E-state index contributed by atoms with van der Waals surface area (Å²) in [7, 11) is 2.13. The van der Waals surface area contributed by atoms with Crippen LogP contribution < -0.4 is 5.32 Å². The molecule has 2 aliphatic heterocycles. The van der Waals surface area contributed by atoms with Gasteiger partial charge in [-0.05, 0) is 71.2 Å². The number of piperidine rings is 2. The maximum Gasteiger partial charge on any atom is 0.222 e. The highest BCUT2D eigenvalue weighted by molar-refractivity contribution is 5.76. The Labute approximate surface area is 128 Å². The van der Waals surface area contributed by atoms with Crippen LogP contribution in [0.1, 0.15) is 38.5 Å². The first-order valence-corrected chi connectivity index (χ1v) is 8.50. The largest absolute Gasteiger partial charge is 0.395 e. The molecular formula is C16H31N3O2. The van der Waals surface area contributed by atoms with Crippen LogP contribution in [0.15, 0.2) is 0 Å². The lowest BCUT2D eigenvalue weighted by molar-refractivity contribution is -0.135. The highest BCUT2D eigenvalue weighted by atomic mass is 16.3. The number of carbonyl (C=O) groups is 1. The first kappa shape index (κ1) is 16.7. The summed E-state index contributed by atoms with van der Waals surface area (Å²) >= 11 is 0. The predicted octanol–water partition coefficient (Wildman–Crippen LogP) is 0.681. The zero-order valence-electron chi connectivity index (χ0n) is 13.4. The second kappa shape index (κ2) is 8.71. The van der Waals surface area contributed by atoms with Crippen molar-refractivity contribution < 1.29 is 9.90 Å². The average Bonchev–Trinajstić information content (AvgIpc) is 2.52. The smallest absolute Gasteiger partial charge is 0.222 e. The van der Waals surface area contributed by atoms with Crippen LogP contribution in [0.25, 0.3) is 0 Å². The molecule has 122 valence electrons. The Hall–Kier alpha value is -0.650. The van der Waals surface area contributed by atoms with Crippen LogP contribution in [0, 0.1) is 5.92 Å². The number of aliphatic hydroxyl groups excluding tert-OH is 1. The van der Waals surface area contributed by atoms with Crippen molar-refractivity contribution in [3.63, 3.8) is 0 Å². The van der Waals surface area contributed by atoms with Gasteiger partial charge >= 0.3 is 0 Å². The van der Waals surface area contributed by atoms with E-state index < -0.39 is 0 Å². The van der Waals surface area contributed by atoms with E-state index in [-0.39, 0.29) is 12.5 Å². The minimum atomic E-state index is 0.0725. The van der Waals surface area contributed by atoms with Gasteiger partial charge in [0.05, 0.1) is 6.61 Å². The lowest BCUT2D eigenvalue weighted by Crippen LogP contribution is -2.47. The predicted molar refractivity (Wildman–Crippen MR) is 84.1 cm³/mol. The van der Waals surface area contributed by atoms with E-state index in [0.717, 1.165) is 45.4 Å². The highest BCUT2D eigenvalue weighted by Gasteiger charge is 2.26. The molecule has 5 heteroatoms. The van der Waals surface area contributed by atoms with E-state index in [4.69, 9.17) is 0 Å². The van der Waals surface area contributed by atoms with Crippen molar-refractivity contribution >= 4 is 5.91 Å². The molecule has 2 heterocycles. The Morgan fingerprint density at radius 1 is 1.33 bits per heavy atom. The lowest BCUT2D eigenvalue weighted by atomic mass is 9.94. The molecule has 0 aromatic rings. The normalized spacial score (nSPS) is 25.0. The molecule has 2 aliphatic rings.